The van der Waals surface area contributed by atoms with Crippen molar-refractivity contribution in [3.8, 4) is 0 Å². The zero-order chi connectivity index (χ0) is 26.6. The van der Waals surface area contributed by atoms with Gasteiger partial charge in [-0.3, -0.25) is 0 Å². The third kappa shape index (κ3) is 7.34. The molecular formula is C33H43N3. The Morgan fingerprint density at radius 2 is 1.08 bits per heavy atom. The van der Waals surface area contributed by atoms with Crippen LogP contribution < -0.4 is 0 Å². The van der Waals surface area contributed by atoms with E-state index in [1.54, 1.807) is 0 Å². The number of nitrogens with zero attached hydrogens (tertiary/aromatic N) is 1. The number of H-pyrrole nitrogens is 2. The van der Waals surface area contributed by atoms with Crippen molar-refractivity contribution in [3.63, 3.8) is 0 Å². The molecule has 2 N–H and O–H groups in total. The predicted octanol–water partition coefficient (Wildman–Crippen LogP) is 9.31. The fourth-order valence-electron chi connectivity index (χ4n) is 3.81. The van der Waals surface area contributed by atoms with Crippen molar-refractivity contribution in [3.05, 3.63) is 102 Å². The van der Waals surface area contributed by atoms with Gasteiger partial charge < -0.3 is 9.97 Å². The molecule has 0 aliphatic heterocycles. The molecule has 0 fully saturated rings. The van der Waals surface area contributed by atoms with Gasteiger partial charge in [-0.05, 0) is 68.7 Å². The molecule has 3 aromatic heterocycles. The topological polar surface area (TPSA) is 44.5 Å². The van der Waals surface area contributed by atoms with E-state index < -0.39 is 0 Å². The molecule has 0 radical (unpaired) electrons. The second-order valence-corrected chi connectivity index (χ2v) is 12.5. The number of aromatic amines is 2. The average molecular weight is 482 g/mol. The molecule has 3 heterocycles. The highest BCUT2D eigenvalue weighted by Gasteiger charge is 2.15. The average Bonchev–Trinajstić information content (AvgIpc) is 3.47. The van der Waals surface area contributed by atoms with Gasteiger partial charge in [0, 0.05) is 29.5 Å². The lowest BCUT2D eigenvalue weighted by Crippen LogP contribution is -2.11. The van der Waals surface area contributed by atoms with Gasteiger partial charge in [0.1, 0.15) is 5.65 Å². The van der Waals surface area contributed by atoms with Crippen molar-refractivity contribution in [2.75, 3.05) is 0 Å². The maximum atomic E-state index is 4.35. The first-order chi connectivity index (χ1) is 16.7. The highest BCUT2D eigenvalue weighted by atomic mass is 14.8. The lowest BCUT2D eigenvalue weighted by atomic mass is 9.86. The van der Waals surface area contributed by atoms with Crippen LogP contribution in [0.1, 0.15) is 79.0 Å². The zero-order valence-electron chi connectivity index (χ0n) is 23.5. The Balaban J connectivity index is 0.000000152. The summed E-state index contributed by atoms with van der Waals surface area (Å²) >= 11 is 0. The molecule has 0 aliphatic carbocycles. The van der Waals surface area contributed by atoms with Crippen LogP contribution in [0.3, 0.4) is 0 Å². The van der Waals surface area contributed by atoms with E-state index in [-0.39, 0.29) is 10.8 Å². The molecule has 0 bridgehead atoms. The quantitative estimate of drug-likeness (QED) is 0.227. The van der Waals surface area contributed by atoms with Gasteiger partial charge in [-0.2, -0.15) is 0 Å². The smallest absolute Gasteiger partial charge is 0.137 e. The molecule has 3 nitrogen and oxygen atoms in total. The van der Waals surface area contributed by atoms with Gasteiger partial charge in [-0.15, -0.1) is 0 Å². The third-order valence-corrected chi connectivity index (χ3v) is 6.33. The van der Waals surface area contributed by atoms with Crippen LogP contribution in [-0.2, 0) is 16.2 Å². The van der Waals surface area contributed by atoms with Gasteiger partial charge in [0.15, 0.2) is 0 Å². The first-order valence-corrected chi connectivity index (χ1v) is 12.8. The Kier molecular flexibility index (Phi) is 8.13. The fraction of sp³-hybridized carbons (Fsp3) is 0.364. The molecular weight excluding hydrogens is 438 g/mol. The largest absolute Gasteiger partial charge is 0.361 e. The van der Waals surface area contributed by atoms with E-state index in [0.717, 1.165) is 5.65 Å². The van der Waals surface area contributed by atoms with Crippen molar-refractivity contribution >= 4 is 21.9 Å². The van der Waals surface area contributed by atoms with E-state index in [1.807, 2.05) is 18.6 Å². The monoisotopic (exact) mass is 481 g/mol. The molecule has 0 spiro atoms. The molecule has 3 heteroatoms. The van der Waals surface area contributed by atoms with E-state index in [2.05, 4.69) is 144 Å². The standard InChI is InChI=1S/C12H15N.C11H14N2.C10H14/c1-12(2,3)10-4-5-11-9(8-10)6-7-13-11;1-11(2,3)9-6-8-4-5-12-10(8)13-7-9;1-10(2,3)9-7-5-4-6-8-9/h4-8,13H,1-3H3;4-7H,1-3H3,(H,12,13);4-8H,1-3H3. The number of aromatic nitrogens is 3. The first-order valence-electron chi connectivity index (χ1n) is 12.8. The molecule has 2 aromatic carbocycles. The summed E-state index contributed by atoms with van der Waals surface area (Å²) in [5, 5.41) is 2.49. The van der Waals surface area contributed by atoms with Crippen LogP contribution in [0.2, 0.25) is 0 Å². The Morgan fingerprint density at radius 3 is 1.67 bits per heavy atom. The molecule has 36 heavy (non-hydrogen) atoms. The summed E-state index contributed by atoms with van der Waals surface area (Å²) in [6.45, 7) is 20.0. The molecule has 0 saturated carbocycles. The number of hydrogen-bond acceptors (Lipinski definition) is 1. The van der Waals surface area contributed by atoms with Crippen molar-refractivity contribution < 1.29 is 0 Å². The molecule has 0 atom stereocenters. The molecule has 5 aromatic rings. The van der Waals surface area contributed by atoms with E-state index in [0.29, 0.717) is 5.41 Å². The fourth-order valence-corrected chi connectivity index (χ4v) is 3.81. The van der Waals surface area contributed by atoms with Crippen LogP contribution in [0.15, 0.2) is 85.3 Å². The van der Waals surface area contributed by atoms with Crippen molar-refractivity contribution in [1.29, 1.82) is 0 Å². The Hall–Kier alpha value is -3.33. The lowest BCUT2D eigenvalue weighted by molar-refractivity contribution is 0.588. The van der Waals surface area contributed by atoms with Gasteiger partial charge in [0.2, 0.25) is 0 Å². The number of pyridine rings is 1. The van der Waals surface area contributed by atoms with Crippen LogP contribution >= 0.6 is 0 Å². The molecule has 0 saturated heterocycles. The molecule has 190 valence electrons. The van der Waals surface area contributed by atoms with E-state index in [4.69, 9.17) is 0 Å². The Labute approximate surface area is 217 Å². The minimum atomic E-state index is 0.179. The van der Waals surface area contributed by atoms with Crippen LogP contribution in [0.5, 0.6) is 0 Å². The van der Waals surface area contributed by atoms with Crippen molar-refractivity contribution in [2.24, 2.45) is 0 Å². The minimum Gasteiger partial charge on any atom is -0.361 e. The Morgan fingerprint density at radius 1 is 0.528 bits per heavy atom. The summed E-state index contributed by atoms with van der Waals surface area (Å²) in [5.41, 5.74) is 6.96. The van der Waals surface area contributed by atoms with Crippen LogP contribution in [0.4, 0.5) is 0 Å². The maximum Gasteiger partial charge on any atom is 0.137 e. The van der Waals surface area contributed by atoms with Crippen molar-refractivity contribution in [2.45, 2.75) is 78.6 Å². The van der Waals surface area contributed by atoms with E-state index in [9.17, 15) is 0 Å². The molecule has 0 amide bonds. The van der Waals surface area contributed by atoms with Gasteiger partial charge in [-0.25, -0.2) is 4.98 Å². The zero-order valence-corrected chi connectivity index (χ0v) is 23.5. The van der Waals surface area contributed by atoms with Crippen LogP contribution in [0.25, 0.3) is 21.9 Å². The third-order valence-electron chi connectivity index (χ3n) is 6.33. The summed E-state index contributed by atoms with van der Waals surface area (Å²) in [6, 6.07) is 23.5. The van der Waals surface area contributed by atoms with Gasteiger partial charge >= 0.3 is 0 Å². The van der Waals surface area contributed by atoms with Crippen LogP contribution in [0, 0.1) is 0 Å². The highest BCUT2D eigenvalue weighted by Crippen LogP contribution is 2.26. The number of benzene rings is 2. The second kappa shape index (κ2) is 10.7. The first kappa shape index (κ1) is 27.3. The Bertz CT molecular complexity index is 1280. The molecule has 0 aliphatic rings. The SMILES string of the molecule is CC(C)(C)c1ccc2[nH]ccc2c1.CC(C)(C)c1ccccc1.CC(C)(C)c1cnc2[nH]ccc2c1. The van der Waals surface area contributed by atoms with Crippen molar-refractivity contribution in [1.82, 2.24) is 15.0 Å². The van der Waals surface area contributed by atoms with E-state index >= 15 is 0 Å². The number of hydrogen-bond donors (Lipinski definition) is 2. The minimum absolute atomic E-state index is 0.179. The summed E-state index contributed by atoms with van der Waals surface area (Å²) in [6.07, 6.45) is 5.85. The summed E-state index contributed by atoms with van der Waals surface area (Å²) < 4.78 is 0. The lowest BCUT2D eigenvalue weighted by Gasteiger charge is -2.18. The van der Waals surface area contributed by atoms with Crippen LogP contribution in [-0.4, -0.2) is 15.0 Å². The molecule has 0 unspecified atom stereocenters. The molecule has 5 rings (SSSR count). The van der Waals surface area contributed by atoms with Gasteiger partial charge in [0.25, 0.3) is 0 Å². The number of rotatable bonds is 0. The highest BCUT2D eigenvalue weighted by molar-refractivity contribution is 5.80. The second-order valence-electron chi connectivity index (χ2n) is 12.5. The number of fused-ring (bicyclic) bond motifs is 2. The predicted molar refractivity (Wildman–Crippen MR) is 157 cm³/mol. The summed E-state index contributed by atoms with van der Waals surface area (Å²) in [7, 11) is 0. The number of nitrogens with one attached hydrogen (secondary N) is 2. The summed E-state index contributed by atoms with van der Waals surface area (Å²) in [4.78, 5) is 10.6. The summed E-state index contributed by atoms with van der Waals surface area (Å²) in [5.74, 6) is 0. The maximum absolute atomic E-state index is 4.35. The van der Waals surface area contributed by atoms with Gasteiger partial charge in [-0.1, -0.05) is 98.7 Å². The normalized spacial score (nSPS) is 12.0. The van der Waals surface area contributed by atoms with E-state index in [1.165, 1.54) is 33.0 Å². The van der Waals surface area contributed by atoms with Gasteiger partial charge in [0.05, 0.1) is 0 Å².